The molecule has 3 nitrogen and oxygen atoms in total. The van der Waals surface area contributed by atoms with E-state index in [1.54, 1.807) is 0 Å². The molecule has 20 heavy (non-hydrogen) atoms. The topological polar surface area (TPSA) is 46.3 Å². The smallest absolute Gasteiger partial charge is 0.240 e. The number of likely N-dealkylation sites (tertiary alicyclic amines) is 1. The lowest BCUT2D eigenvalue weighted by Gasteiger charge is -2.33. The van der Waals surface area contributed by atoms with Crippen molar-refractivity contribution in [1.82, 2.24) is 4.90 Å². The maximum atomic E-state index is 12.6. The molecule has 1 fully saturated rings. The summed E-state index contributed by atoms with van der Waals surface area (Å²) in [5.41, 5.74) is 7.25. The first kappa shape index (κ1) is 15.0. The van der Waals surface area contributed by atoms with Gasteiger partial charge in [0.05, 0.1) is 6.04 Å². The fourth-order valence-corrected chi connectivity index (χ4v) is 2.77. The number of hydrogen-bond acceptors (Lipinski definition) is 2. The Balaban J connectivity index is 2.06. The summed E-state index contributed by atoms with van der Waals surface area (Å²) in [7, 11) is 0. The number of amides is 1. The highest BCUT2D eigenvalue weighted by molar-refractivity contribution is 5.83. The van der Waals surface area contributed by atoms with Crippen molar-refractivity contribution in [2.24, 2.45) is 11.1 Å². The van der Waals surface area contributed by atoms with Crippen molar-refractivity contribution in [3.63, 3.8) is 0 Å². The SMILES string of the molecule is CC(C)(C)[C@H](N)C(=O)N1CCCC1Cc1ccccc1. The Morgan fingerprint density at radius 3 is 2.60 bits per heavy atom. The maximum absolute atomic E-state index is 12.6. The molecule has 1 aliphatic heterocycles. The van der Waals surface area contributed by atoms with E-state index in [1.165, 1.54) is 5.56 Å². The summed E-state index contributed by atoms with van der Waals surface area (Å²) in [6, 6.07) is 10.3. The van der Waals surface area contributed by atoms with Crippen LogP contribution in [0.3, 0.4) is 0 Å². The Kier molecular flexibility index (Phi) is 4.48. The molecule has 1 heterocycles. The van der Waals surface area contributed by atoms with E-state index in [4.69, 9.17) is 5.73 Å². The first-order valence-corrected chi connectivity index (χ1v) is 7.49. The molecule has 0 bridgehead atoms. The van der Waals surface area contributed by atoms with Crippen LogP contribution in [0.5, 0.6) is 0 Å². The van der Waals surface area contributed by atoms with Gasteiger partial charge in [0.1, 0.15) is 0 Å². The van der Waals surface area contributed by atoms with Crippen molar-refractivity contribution >= 4 is 5.91 Å². The molecule has 3 heteroatoms. The van der Waals surface area contributed by atoms with Gasteiger partial charge in [-0.25, -0.2) is 0 Å². The summed E-state index contributed by atoms with van der Waals surface area (Å²) in [5, 5.41) is 0. The molecule has 0 aliphatic carbocycles. The standard InChI is InChI=1S/C17H26N2O/c1-17(2,3)15(18)16(20)19-11-7-10-14(19)12-13-8-5-4-6-9-13/h4-6,8-9,14-15H,7,10-12,18H2,1-3H3/t14?,15-/m1/s1. The van der Waals surface area contributed by atoms with Gasteiger partial charge >= 0.3 is 0 Å². The molecule has 0 aromatic heterocycles. The van der Waals surface area contributed by atoms with Crippen LogP contribution in [0.1, 0.15) is 39.2 Å². The van der Waals surface area contributed by atoms with E-state index in [1.807, 2.05) is 31.7 Å². The van der Waals surface area contributed by atoms with Crippen LogP contribution in [-0.2, 0) is 11.2 Å². The lowest BCUT2D eigenvalue weighted by atomic mass is 9.86. The van der Waals surface area contributed by atoms with Gasteiger partial charge in [-0.3, -0.25) is 4.79 Å². The summed E-state index contributed by atoms with van der Waals surface area (Å²) in [5.74, 6) is 0.107. The Hall–Kier alpha value is -1.35. The van der Waals surface area contributed by atoms with Crippen LogP contribution < -0.4 is 5.73 Å². The predicted molar refractivity (Wildman–Crippen MR) is 82.3 cm³/mol. The molecule has 1 unspecified atom stereocenters. The van der Waals surface area contributed by atoms with Gasteiger partial charge in [-0.1, -0.05) is 51.1 Å². The highest BCUT2D eigenvalue weighted by Gasteiger charge is 2.36. The zero-order valence-corrected chi connectivity index (χ0v) is 12.8. The molecule has 0 spiro atoms. The zero-order valence-electron chi connectivity index (χ0n) is 12.8. The number of rotatable bonds is 3. The van der Waals surface area contributed by atoms with Crippen LogP contribution in [0.4, 0.5) is 0 Å². The van der Waals surface area contributed by atoms with Crippen molar-refractivity contribution in [3.8, 4) is 0 Å². The van der Waals surface area contributed by atoms with Crippen molar-refractivity contribution in [2.75, 3.05) is 6.54 Å². The van der Waals surface area contributed by atoms with E-state index in [0.717, 1.165) is 25.8 Å². The second-order valence-electron chi connectivity index (χ2n) is 6.86. The third-order valence-corrected chi connectivity index (χ3v) is 4.17. The molecule has 110 valence electrons. The van der Waals surface area contributed by atoms with Crippen molar-refractivity contribution in [1.29, 1.82) is 0 Å². The Labute approximate surface area is 122 Å². The fraction of sp³-hybridized carbons (Fsp3) is 0.588. The molecule has 0 radical (unpaired) electrons. The largest absolute Gasteiger partial charge is 0.338 e. The van der Waals surface area contributed by atoms with Gasteiger partial charge in [0, 0.05) is 12.6 Å². The molecular weight excluding hydrogens is 248 g/mol. The number of nitrogens with zero attached hydrogens (tertiary/aromatic N) is 1. The molecule has 2 atom stereocenters. The number of carbonyl (C=O) groups is 1. The molecule has 1 aliphatic rings. The third-order valence-electron chi connectivity index (χ3n) is 4.17. The van der Waals surface area contributed by atoms with E-state index in [2.05, 4.69) is 24.3 Å². The molecule has 2 rings (SSSR count). The number of nitrogens with two attached hydrogens (primary N) is 1. The number of carbonyl (C=O) groups excluding carboxylic acids is 1. The van der Waals surface area contributed by atoms with Crippen molar-refractivity contribution in [3.05, 3.63) is 35.9 Å². The van der Waals surface area contributed by atoms with Gasteiger partial charge < -0.3 is 10.6 Å². The lowest BCUT2D eigenvalue weighted by molar-refractivity contribution is -0.135. The summed E-state index contributed by atoms with van der Waals surface area (Å²) < 4.78 is 0. The molecule has 1 aromatic rings. The average molecular weight is 274 g/mol. The number of benzene rings is 1. The first-order chi connectivity index (χ1) is 9.39. The summed E-state index contributed by atoms with van der Waals surface area (Å²) in [6.45, 7) is 6.92. The van der Waals surface area contributed by atoms with E-state index in [0.29, 0.717) is 6.04 Å². The van der Waals surface area contributed by atoms with E-state index in [-0.39, 0.29) is 11.3 Å². The van der Waals surface area contributed by atoms with Gasteiger partial charge in [-0.05, 0) is 30.2 Å². The molecule has 1 aromatic carbocycles. The molecule has 0 saturated carbocycles. The summed E-state index contributed by atoms with van der Waals surface area (Å²) >= 11 is 0. The molecular formula is C17H26N2O. The normalized spacial score (nSPS) is 21.0. The Bertz CT molecular complexity index is 450. The minimum atomic E-state index is -0.418. The molecule has 2 N–H and O–H groups in total. The molecule has 1 amide bonds. The van der Waals surface area contributed by atoms with Crippen LogP contribution in [0.2, 0.25) is 0 Å². The summed E-state index contributed by atoms with van der Waals surface area (Å²) in [6.07, 6.45) is 3.10. The predicted octanol–water partition coefficient (Wildman–Crippen LogP) is 2.59. The van der Waals surface area contributed by atoms with Crippen LogP contribution >= 0.6 is 0 Å². The van der Waals surface area contributed by atoms with Gasteiger partial charge in [-0.15, -0.1) is 0 Å². The second-order valence-corrected chi connectivity index (χ2v) is 6.86. The van der Waals surface area contributed by atoms with Crippen molar-refractivity contribution in [2.45, 2.75) is 52.1 Å². The van der Waals surface area contributed by atoms with Gasteiger partial charge in [0.25, 0.3) is 0 Å². The average Bonchev–Trinajstić information content (AvgIpc) is 2.85. The highest BCUT2D eigenvalue weighted by Crippen LogP contribution is 2.26. The maximum Gasteiger partial charge on any atom is 0.240 e. The zero-order chi connectivity index (χ0) is 14.8. The van der Waals surface area contributed by atoms with Crippen LogP contribution in [0.15, 0.2) is 30.3 Å². The minimum Gasteiger partial charge on any atom is -0.338 e. The second kappa shape index (κ2) is 5.96. The minimum absolute atomic E-state index is 0.107. The Morgan fingerprint density at radius 1 is 1.35 bits per heavy atom. The monoisotopic (exact) mass is 274 g/mol. The molecule has 1 saturated heterocycles. The lowest BCUT2D eigenvalue weighted by Crippen LogP contribution is -2.52. The van der Waals surface area contributed by atoms with Crippen LogP contribution in [0.25, 0.3) is 0 Å². The van der Waals surface area contributed by atoms with E-state index >= 15 is 0 Å². The van der Waals surface area contributed by atoms with Crippen LogP contribution in [-0.4, -0.2) is 29.4 Å². The Morgan fingerprint density at radius 2 is 2.00 bits per heavy atom. The highest BCUT2D eigenvalue weighted by atomic mass is 16.2. The quantitative estimate of drug-likeness (QED) is 0.921. The van der Waals surface area contributed by atoms with Gasteiger partial charge in [0.15, 0.2) is 0 Å². The van der Waals surface area contributed by atoms with Gasteiger partial charge in [0.2, 0.25) is 5.91 Å². The fourth-order valence-electron chi connectivity index (χ4n) is 2.77. The van der Waals surface area contributed by atoms with Crippen molar-refractivity contribution < 1.29 is 4.79 Å². The summed E-state index contributed by atoms with van der Waals surface area (Å²) in [4.78, 5) is 14.6. The number of hydrogen-bond donors (Lipinski definition) is 1. The third kappa shape index (κ3) is 3.40. The van der Waals surface area contributed by atoms with Gasteiger partial charge in [-0.2, -0.15) is 0 Å². The van der Waals surface area contributed by atoms with E-state index in [9.17, 15) is 4.79 Å². The van der Waals surface area contributed by atoms with E-state index < -0.39 is 6.04 Å². The van der Waals surface area contributed by atoms with Crippen LogP contribution in [0, 0.1) is 5.41 Å². The first-order valence-electron chi connectivity index (χ1n) is 7.49.